The largest absolute Gasteiger partial charge is 0.480 e. The molecule has 1 aromatic carbocycles. The smallest absolute Gasteiger partial charge is 0.321 e. The first-order chi connectivity index (χ1) is 7.93. The van der Waals surface area contributed by atoms with Gasteiger partial charge in [0, 0.05) is 0 Å². The fourth-order valence-electron chi connectivity index (χ4n) is 1.18. The van der Waals surface area contributed by atoms with Crippen LogP contribution in [0.4, 0.5) is 0 Å². The molecule has 0 amide bonds. The molecule has 0 heterocycles. The Labute approximate surface area is 101 Å². The van der Waals surface area contributed by atoms with Gasteiger partial charge in [0.05, 0.1) is 5.75 Å². The molecule has 0 aliphatic rings. The van der Waals surface area contributed by atoms with Crippen molar-refractivity contribution in [3.8, 4) is 0 Å². The normalized spacial score (nSPS) is 13.7. The van der Waals surface area contributed by atoms with Gasteiger partial charge in [-0.25, -0.2) is 8.42 Å². The van der Waals surface area contributed by atoms with Gasteiger partial charge in [-0.2, -0.15) is 0 Å². The summed E-state index contributed by atoms with van der Waals surface area (Å²) in [7, 11) is -3.62. The molecule has 0 spiro atoms. The average molecular weight is 254 g/mol. The van der Waals surface area contributed by atoms with Crippen LogP contribution in [0.3, 0.4) is 0 Å². The number of carboxylic acid groups (broad SMARTS) is 1. The lowest BCUT2D eigenvalue weighted by atomic mass is 10.2. The molecule has 92 valence electrons. The third kappa shape index (κ3) is 4.03. The van der Waals surface area contributed by atoms with Gasteiger partial charge in [-0.15, -0.1) is 0 Å². The van der Waals surface area contributed by atoms with Gasteiger partial charge in [0.15, 0.2) is 15.1 Å². The second-order valence-electron chi connectivity index (χ2n) is 3.62. The summed E-state index contributed by atoms with van der Waals surface area (Å²) in [5, 5.41) is 7.26. The molecule has 0 bridgehead atoms. The molecule has 0 saturated carbocycles. The molecule has 0 saturated heterocycles. The van der Waals surface area contributed by atoms with Crippen LogP contribution in [0.15, 0.2) is 36.4 Å². The second kappa shape index (κ2) is 5.63. The van der Waals surface area contributed by atoms with Crippen LogP contribution in [-0.2, 0) is 14.6 Å². The number of carboxylic acids is 1. The van der Waals surface area contributed by atoms with E-state index in [1.165, 1.54) is 13.0 Å². The van der Waals surface area contributed by atoms with E-state index in [9.17, 15) is 13.2 Å². The third-order valence-electron chi connectivity index (χ3n) is 2.32. The molecule has 0 aliphatic heterocycles. The minimum absolute atomic E-state index is 0.268. The maximum atomic E-state index is 11.5. The van der Waals surface area contributed by atoms with E-state index in [4.69, 9.17) is 5.11 Å². The van der Waals surface area contributed by atoms with Crippen molar-refractivity contribution in [1.29, 1.82) is 0 Å². The van der Waals surface area contributed by atoms with Crippen LogP contribution in [0.1, 0.15) is 12.5 Å². The standard InChI is InChI=1S/C12H14O4S/c1-10(12(13)14)17(15,16)9-5-8-11-6-3-2-4-7-11/h2-8,10H,9H2,1H3,(H,13,14)/b8-5+. The summed E-state index contributed by atoms with van der Waals surface area (Å²) >= 11 is 0. The van der Waals surface area contributed by atoms with Crippen LogP contribution < -0.4 is 0 Å². The molecule has 1 aromatic rings. The van der Waals surface area contributed by atoms with Gasteiger partial charge in [0.1, 0.15) is 0 Å². The van der Waals surface area contributed by atoms with E-state index in [1.807, 2.05) is 30.3 Å². The zero-order valence-corrected chi connectivity index (χ0v) is 10.2. The highest BCUT2D eigenvalue weighted by molar-refractivity contribution is 7.92. The molecule has 1 rings (SSSR count). The number of hydrogen-bond acceptors (Lipinski definition) is 3. The summed E-state index contributed by atoms with van der Waals surface area (Å²) in [6.07, 6.45) is 3.12. The van der Waals surface area contributed by atoms with Crippen LogP contribution in [0.25, 0.3) is 6.08 Å². The minimum Gasteiger partial charge on any atom is -0.480 e. The van der Waals surface area contributed by atoms with E-state index in [2.05, 4.69) is 0 Å². The van der Waals surface area contributed by atoms with Crippen molar-refractivity contribution in [3.05, 3.63) is 42.0 Å². The fraction of sp³-hybridized carbons (Fsp3) is 0.250. The van der Waals surface area contributed by atoms with Gasteiger partial charge in [-0.3, -0.25) is 4.79 Å². The molecule has 0 aliphatic carbocycles. The summed E-state index contributed by atoms with van der Waals surface area (Å²) in [6, 6.07) is 9.22. The Morgan fingerprint density at radius 1 is 1.35 bits per heavy atom. The van der Waals surface area contributed by atoms with Gasteiger partial charge < -0.3 is 5.11 Å². The first kappa shape index (κ1) is 13.4. The lowest BCUT2D eigenvalue weighted by molar-refractivity contribution is -0.136. The summed E-state index contributed by atoms with van der Waals surface area (Å²) in [5.41, 5.74) is 0.880. The number of rotatable bonds is 5. The number of benzene rings is 1. The summed E-state index contributed by atoms with van der Waals surface area (Å²) in [4.78, 5) is 10.6. The lowest BCUT2D eigenvalue weighted by Gasteiger charge is -2.05. The molecular weight excluding hydrogens is 240 g/mol. The lowest BCUT2D eigenvalue weighted by Crippen LogP contribution is -2.28. The number of sulfone groups is 1. The maximum absolute atomic E-state index is 11.5. The molecule has 1 N–H and O–H groups in total. The average Bonchev–Trinajstić information content (AvgIpc) is 2.29. The second-order valence-corrected chi connectivity index (χ2v) is 5.99. The number of hydrogen-bond donors (Lipinski definition) is 1. The zero-order chi connectivity index (χ0) is 12.9. The molecule has 0 radical (unpaired) electrons. The van der Waals surface area contributed by atoms with Crippen molar-refractivity contribution in [2.75, 3.05) is 5.75 Å². The van der Waals surface area contributed by atoms with Crippen LogP contribution in [0, 0.1) is 0 Å². The highest BCUT2D eigenvalue weighted by atomic mass is 32.2. The van der Waals surface area contributed by atoms with Gasteiger partial charge >= 0.3 is 5.97 Å². The van der Waals surface area contributed by atoms with Gasteiger partial charge in [0.2, 0.25) is 0 Å². The van der Waals surface area contributed by atoms with Crippen LogP contribution in [-0.4, -0.2) is 30.5 Å². The zero-order valence-electron chi connectivity index (χ0n) is 9.41. The molecule has 17 heavy (non-hydrogen) atoms. The quantitative estimate of drug-likeness (QED) is 0.866. The fourth-order valence-corrected chi connectivity index (χ4v) is 2.14. The van der Waals surface area contributed by atoms with Crippen molar-refractivity contribution in [1.82, 2.24) is 0 Å². The minimum atomic E-state index is -3.62. The van der Waals surface area contributed by atoms with E-state index < -0.39 is 21.1 Å². The highest BCUT2D eigenvalue weighted by Crippen LogP contribution is 2.05. The van der Waals surface area contributed by atoms with Crippen molar-refractivity contribution in [2.24, 2.45) is 0 Å². The first-order valence-corrected chi connectivity index (χ1v) is 6.81. The van der Waals surface area contributed by atoms with E-state index in [0.717, 1.165) is 5.56 Å². The van der Waals surface area contributed by atoms with Crippen LogP contribution >= 0.6 is 0 Å². The monoisotopic (exact) mass is 254 g/mol. The van der Waals surface area contributed by atoms with Gasteiger partial charge in [-0.1, -0.05) is 42.5 Å². The van der Waals surface area contributed by atoms with E-state index in [-0.39, 0.29) is 5.75 Å². The van der Waals surface area contributed by atoms with Gasteiger partial charge in [0.25, 0.3) is 0 Å². The molecule has 1 unspecified atom stereocenters. The summed E-state index contributed by atoms with van der Waals surface area (Å²) < 4.78 is 23.1. The molecule has 5 heteroatoms. The van der Waals surface area contributed by atoms with Gasteiger partial charge in [-0.05, 0) is 12.5 Å². The molecule has 0 aromatic heterocycles. The van der Waals surface area contributed by atoms with Crippen molar-refractivity contribution in [3.63, 3.8) is 0 Å². The van der Waals surface area contributed by atoms with Crippen molar-refractivity contribution < 1.29 is 18.3 Å². The van der Waals surface area contributed by atoms with Crippen LogP contribution in [0.2, 0.25) is 0 Å². The Kier molecular flexibility index (Phi) is 4.45. The van der Waals surface area contributed by atoms with Crippen molar-refractivity contribution in [2.45, 2.75) is 12.2 Å². The Balaban J connectivity index is 2.68. The third-order valence-corrected chi connectivity index (χ3v) is 4.26. The first-order valence-electron chi connectivity index (χ1n) is 5.09. The topological polar surface area (TPSA) is 71.4 Å². The molecular formula is C12H14O4S. The Hall–Kier alpha value is -1.62. The van der Waals surface area contributed by atoms with E-state index in [1.54, 1.807) is 6.08 Å². The predicted molar refractivity (Wildman–Crippen MR) is 66.4 cm³/mol. The Morgan fingerprint density at radius 2 is 1.94 bits per heavy atom. The van der Waals surface area contributed by atoms with E-state index >= 15 is 0 Å². The van der Waals surface area contributed by atoms with Crippen LogP contribution in [0.5, 0.6) is 0 Å². The summed E-state index contributed by atoms with van der Waals surface area (Å²) in [6.45, 7) is 1.17. The number of carbonyl (C=O) groups is 1. The van der Waals surface area contributed by atoms with E-state index in [0.29, 0.717) is 0 Å². The maximum Gasteiger partial charge on any atom is 0.321 e. The molecule has 4 nitrogen and oxygen atoms in total. The summed E-state index contributed by atoms with van der Waals surface area (Å²) in [5.74, 6) is -1.59. The molecule has 1 atom stereocenters. The highest BCUT2D eigenvalue weighted by Gasteiger charge is 2.25. The van der Waals surface area contributed by atoms with Crippen molar-refractivity contribution >= 4 is 21.9 Å². The Bertz CT molecular complexity index is 503. The number of aliphatic carboxylic acids is 1. The molecule has 0 fully saturated rings. The predicted octanol–water partition coefficient (Wildman–Crippen LogP) is 1.59. The SMILES string of the molecule is CC(C(=O)O)S(=O)(=O)C/C=C/c1ccccc1. The Morgan fingerprint density at radius 3 is 2.47 bits per heavy atom.